The number of aliphatic imine (C=N–C) groups is 1. The molecule has 0 radical (unpaired) electrons. The van der Waals surface area contributed by atoms with Crippen LogP contribution >= 0.6 is 0 Å². The second-order valence-electron chi connectivity index (χ2n) is 8.05. The van der Waals surface area contributed by atoms with Gasteiger partial charge in [0, 0.05) is 25.5 Å². The highest BCUT2D eigenvalue weighted by Gasteiger charge is 2.24. The van der Waals surface area contributed by atoms with Crippen molar-refractivity contribution in [3.05, 3.63) is 77.6 Å². The number of hydrogen-bond donors (Lipinski definition) is 2. The number of rotatable bonds is 12. The fourth-order valence-electron chi connectivity index (χ4n) is 3.59. The summed E-state index contributed by atoms with van der Waals surface area (Å²) in [5.41, 5.74) is 9.72. The van der Waals surface area contributed by atoms with Gasteiger partial charge in [-0.05, 0) is 24.5 Å². The van der Waals surface area contributed by atoms with Crippen molar-refractivity contribution in [1.29, 1.82) is 0 Å². The van der Waals surface area contributed by atoms with Gasteiger partial charge >= 0.3 is 0 Å². The number of unbranched alkanes of at least 4 members (excludes halogenated alkanes) is 1. The highest BCUT2D eigenvalue weighted by atomic mass is 16.5. The van der Waals surface area contributed by atoms with Gasteiger partial charge in [0.25, 0.3) is 0 Å². The predicted octanol–water partition coefficient (Wildman–Crippen LogP) is 4.27. The first kappa shape index (κ1) is 24.2. The zero-order valence-corrected chi connectivity index (χ0v) is 19.8. The lowest BCUT2D eigenvalue weighted by atomic mass is 10.1. The molecule has 1 aromatic heterocycles. The standard InChI is InChI=1S/C26H34N4O3/c1-5-6-11-28-18(2)25(15-29-19(3)27)32-17-22-14-24(26(31-4)16-30-22)33-23-12-20-9-7-8-10-21(20)13-23/h7-10,14-16,23,28H,2,5-6,11-13,17H2,1,3-4H3,(H2,27,29)/b25-15+. The molecule has 0 saturated carbocycles. The van der Waals surface area contributed by atoms with Crippen molar-refractivity contribution in [3.8, 4) is 11.5 Å². The van der Waals surface area contributed by atoms with Crippen molar-refractivity contribution >= 4 is 5.84 Å². The van der Waals surface area contributed by atoms with Crippen LogP contribution < -0.4 is 20.5 Å². The van der Waals surface area contributed by atoms with E-state index < -0.39 is 0 Å². The largest absolute Gasteiger partial charge is 0.491 e. The maximum Gasteiger partial charge on any atom is 0.179 e. The van der Waals surface area contributed by atoms with Crippen LogP contribution in [0.3, 0.4) is 0 Å². The Bertz CT molecular complexity index is 987. The topological polar surface area (TPSA) is 91.0 Å². The van der Waals surface area contributed by atoms with Crippen molar-refractivity contribution in [2.45, 2.75) is 52.2 Å². The molecule has 0 aliphatic heterocycles. The second-order valence-corrected chi connectivity index (χ2v) is 8.05. The number of ether oxygens (including phenoxy) is 3. The van der Waals surface area contributed by atoms with Crippen LogP contribution in [0.15, 0.2) is 65.8 Å². The van der Waals surface area contributed by atoms with Gasteiger partial charge in [-0.25, -0.2) is 4.99 Å². The maximum atomic E-state index is 6.32. The number of amidine groups is 1. The van der Waals surface area contributed by atoms with Crippen LogP contribution in [0.5, 0.6) is 11.5 Å². The summed E-state index contributed by atoms with van der Waals surface area (Å²) in [6.07, 6.45) is 7.18. The Morgan fingerprint density at radius 3 is 2.64 bits per heavy atom. The summed E-state index contributed by atoms with van der Waals surface area (Å²) in [7, 11) is 1.61. The van der Waals surface area contributed by atoms with Crippen molar-refractivity contribution in [2.75, 3.05) is 13.7 Å². The molecule has 3 N–H and O–H groups in total. The molecule has 0 amide bonds. The lowest BCUT2D eigenvalue weighted by molar-refractivity contribution is 0.191. The van der Waals surface area contributed by atoms with Crippen molar-refractivity contribution < 1.29 is 14.2 Å². The molecule has 0 bridgehead atoms. The Morgan fingerprint density at radius 1 is 1.27 bits per heavy atom. The fraction of sp³-hybridized carbons (Fsp3) is 0.385. The molecule has 33 heavy (non-hydrogen) atoms. The molecule has 2 aromatic rings. The lowest BCUT2D eigenvalue weighted by Gasteiger charge is -2.17. The van der Waals surface area contributed by atoms with Crippen molar-refractivity contribution in [3.63, 3.8) is 0 Å². The van der Waals surface area contributed by atoms with Gasteiger partial charge in [0.15, 0.2) is 17.3 Å². The number of methoxy groups -OCH3 is 1. The number of benzene rings is 1. The summed E-state index contributed by atoms with van der Waals surface area (Å²) in [4.78, 5) is 8.62. The first-order valence-electron chi connectivity index (χ1n) is 11.3. The summed E-state index contributed by atoms with van der Waals surface area (Å²) in [5.74, 6) is 2.21. The van der Waals surface area contributed by atoms with E-state index in [0.717, 1.165) is 32.2 Å². The minimum Gasteiger partial charge on any atom is -0.491 e. The molecular weight excluding hydrogens is 416 g/mol. The number of hydrogen-bond acceptors (Lipinski definition) is 6. The van der Waals surface area contributed by atoms with Crippen LogP contribution in [-0.2, 0) is 24.2 Å². The van der Waals surface area contributed by atoms with Crippen molar-refractivity contribution in [2.24, 2.45) is 10.7 Å². The average molecular weight is 451 g/mol. The van der Waals surface area contributed by atoms with E-state index in [1.54, 1.807) is 26.4 Å². The summed E-state index contributed by atoms with van der Waals surface area (Å²) in [5, 5.41) is 3.27. The fourth-order valence-corrected chi connectivity index (χ4v) is 3.59. The molecule has 1 aliphatic carbocycles. The highest BCUT2D eigenvalue weighted by molar-refractivity contribution is 5.78. The Balaban J connectivity index is 1.69. The molecule has 0 fully saturated rings. The van der Waals surface area contributed by atoms with Gasteiger partial charge in [0.2, 0.25) is 0 Å². The third kappa shape index (κ3) is 7.00. The lowest BCUT2D eigenvalue weighted by Crippen LogP contribution is -2.18. The molecule has 0 unspecified atom stereocenters. The molecule has 0 spiro atoms. The minimum atomic E-state index is 0.0623. The number of nitrogens with zero attached hydrogens (tertiary/aromatic N) is 2. The molecule has 1 aliphatic rings. The van der Waals surface area contributed by atoms with Gasteiger partial charge in [-0.15, -0.1) is 0 Å². The van der Waals surface area contributed by atoms with Crippen LogP contribution in [0.25, 0.3) is 0 Å². The molecule has 7 nitrogen and oxygen atoms in total. The van der Waals surface area contributed by atoms with Gasteiger partial charge in [-0.3, -0.25) is 4.98 Å². The number of nitrogens with one attached hydrogen (secondary N) is 1. The molecular formula is C26H34N4O3. The Kier molecular flexibility index (Phi) is 8.75. The smallest absolute Gasteiger partial charge is 0.179 e. The average Bonchev–Trinajstić information content (AvgIpc) is 3.21. The molecule has 0 saturated heterocycles. The van der Waals surface area contributed by atoms with Gasteiger partial charge in [0.05, 0.1) is 36.7 Å². The van der Waals surface area contributed by atoms with Crippen LogP contribution in [0.4, 0.5) is 0 Å². The van der Waals surface area contributed by atoms with E-state index in [-0.39, 0.29) is 12.7 Å². The van der Waals surface area contributed by atoms with Gasteiger partial charge in [0.1, 0.15) is 12.7 Å². The van der Waals surface area contributed by atoms with Crippen molar-refractivity contribution in [1.82, 2.24) is 10.3 Å². The Hall–Kier alpha value is -3.48. The summed E-state index contributed by atoms with van der Waals surface area (Å²) in [6, 6.07) is 10.3. The van der Waals surface area contributed by atoms with Crippen LogP contribution in [0.2, 0.25) is 0 Å². The molecule has 1 aromatic carbocycles. The highest BCUT2D eigenvalue weighted by Crippen LogP contribution is 2.32. The Labute approximate surface area is 196 Å². The number of aromatic nitrogens is 1. The SMILES string of the molecule is C=C(NCCCC)/C(=C\N=C(/C)N)OCc1cc(OC2Cc3ccccc3C2)c(OC)cn1. The molecule has 7 heteroatoms. The predicted molar refractivity (Wildman–Crippen MR) is 131 cm³/mol. The summed E-state index contributed by atoms with van der Waals surface area (Å²) >= 11 is 0. The number of nitrogens with two attached hydrogens (primary N) is 1. The minimum absolute atomic E-state index is 0.0623. The van der Waals surface area contributed by atoms with Crippen LogP contribution in [0, 0.1) is 0 Å². The van der Waals surface area contributed by atoms with Gasteiger partial charge < -0.3 is 25.3 Å². The van der Waals surface area contributed by atoms with E-state index in [9.17, 15) is 0 Å². The zero-order chi connectivity index (χ0) is 23.6. The maximum absolute atomic E-state index is 6.32. The van der Waals surface area contributed by atoms with Gasteiger partial charge in [-0.1, -0.05) is 44.2 Å². The van der Waals surface area contributed by atoms with Crippen LogP contribution in [-0.4, -0.2) is 30.6 Å². The van der Waals surface area contributed by atoms with E-state index in [0.29, 0.717) is 34.5 Å². The summed E-state index contributed by atoms with van der Waals surface area (Å²) < 4.78 is 17.8. The summed E-state index contributed by atoms with van der Waals surface area (Å²) in [6.45, 7) is 8.96. The number of fused-ring (bicyclic) bond motifs is 1. The number of pyridine rings is 1. The third-order valence-corrected chi connectivity index (χ3v) is 5.34. The van der Waals surface area contributed by atoms with E-state index in [1.165, 1.54) is 11.1 Å². The molecule has 176 valence electrons. The Morgan fingerprint density at radius 2 is 2.00 bits per heavy atom. The van der Waals surface area contributed by atoms with E-state index >= 15 is 0 Å². The molecule has 3 rings (SSSR count). The van der Waals surface area contributed by atoms with Crippen LogP contribution in [0.1, 0.15) is 43.5 Å². The zero-order valence-electron chi connectivity index (χ0n) is 19.8. The second kappa shape index (κ2) is 11.9. The molecule has 0 atom stereocenters. The first-order valence-corrected chi connectivity index (χ1v) is 11.3. The van der Waals surface area contributed by atoms with Gasteiger partial charge in [-0.2, -0.15) is 0 Å². The quantitative estimate of drug-likeness (QED) is 0.165. The van der Waals surface area contributed by atoms with E-state index in [4.69, 9.17) is 19.9 Å². The van der Waals surface area contributed by atoms with E-state index in [2.05, 4.69) is 53.1 Å². The monoisotopic (exact) mass is 450 g/mol. The first-order chi connectivity index (χ1) is 16.0. The molecule has 1 heterocycles. The normalized spacial score (nSPS) is 14.0. The van der Waals surface area contributed by atoms with E-state index in [1.807, 2.05) is 6.07 Å². The third-order valence-electron chi connectivity index (χ3n) is 5.34.